The molecule has 0 unspecified atom stereocenters. The molecular formula is C13H16Cl2O. The third-order valence-electron chi connectivity index (χ3n) is 2.29. The summed E-state index contributed by atoms with van der Waals surface area (Å²) in [7, 11) is 0. The molecule has 3 heteroatoms. The number of aliphatic hydroxyl groups excluding tert-OH is 1. The average molecular weight is 259 g/mol. The van der Waals surface area contributed by atoms with Gasteiger partial charge in [-0.15, -0.1) is 0 Å². The zero-order valence-electron chi connectivity index (χ0n) is 9.13. The van der Waals surface area contributed by atoms with E-state index in [1.165, 1.54) is 0 Å². The van der Waals surface area contributed by atoms with Crippen LogP contribution < -0.4 is 0 Å². The van der Waals surface area contributed by atoms with Crippen molar-refractivity contribution in [1.82, 2.24) is 0 Å². The van der Waals surface area contributed by atoms with E-state index < -0.39 is 0 Å². The number of halogens is 2. The van der Waals surface area contributed by atoms with Gasteiger partial charge in [0.05, 0.1) is 0 Å². The number of allylic oxidation sites excluding steroid dienone is 1. The van der Waals surface area contributed by atoms with Gasteiger partial charge in [0.25, 0.3) is 0 Å². The van der Waals surface area contributed by atoms with Crippen molar-refractivity contribution >= 4 is 29.3 Å². The summed E-state index contributed by atoms with van der Waals surface area (Å²) >= 11 is 11.8. The van der Waals surface area contributed by atoms with Gasteiger partial charge in [-0.3, -0.25) is 0 Å². The van der Waals surface area contributed by atoms with E-state index in [1.54, 1.807) is 6.07 Å². The van der Waals surface area contributed by atoms with Crippen LogP contribution >= 0.6 is 23.2 Å². The van der Waals surface area contributed by atoms with Crippen molar-refractivity contribution in [2.45, 2.75) is 25.7 Å². The molecule has 0 bridgehead atoms. The van der Waals surface area contributed by atoms with Gasteiger partial charge in [-0.05, 0) is 37.0 Å². The average Bonchev–Trinajstić information content (AvgIpc) is 2.26. The Morgan fingerprint density at radius 2 is 1.94 bits per heavy atom. The number of benzene rings is 1. The fraction of sp³-hybridized carbons (Fsp3) is 0.385. The van der Waals surface area contributed by atoms with Crippen molar-refractivity contribution in [3.05, 3.63) is 39.9 Å². The van der Waals surface area contributed by atoms with Crippen molar-refractivity contribution in [2.75, 3.05) is 6.61 Å². The molecule has 0 aliphatic heterocycles. The first kappa shape index (κ1) is 13.6. The molecule has 0 saturated carbocycles. The lowest BCUT2D eigenvalue weighted by molar-refractivity contribution is 0.283. The van der Waals surface area contributed by atoms with Gasteiger partial charge in [-0.1, -0.05) is 47.8 Å². The second-order valence-electron chi connectivity index (χ2n) is 3.64. The van der Waals surface area contributed by atoms with E-state index in [4.69, 9.17) is 28.3 Å². The molecule has 0 aliphatic rings. The molecular weight excluding hydrogens is 243 g/mol. The number of hydrogen-bond donors (Lipinski definition) is 1. The van der Waals surface area contributed by atoms with Crippen molar-refractivity contribution in [2.24, 2.45) is 0 Å². The van der Waals surface area contributed by atoms with Gasteiger partial charge in [0.15, 0.2) is 0 Å². The monoisotopic (exact) mass is 258 g/mol. The Kier molecular flexibility index (Phi) is 6.55. The minimum Gasteiger partial charge on any atom is -0.396 e. The molecule has 0 atom stereocenters. The molecule has 0 heterocycles. The predicted molar refractivity (Wildman–Crippen MR) is 71.0 cm³/mol. The Bertz CT molecular complexity index is 348. The molecule has 0 aliphatic carbocycles. The summed E-state index contributed by atoms with van der Waals surface area (Å²) in [6, 6.07) is 5.49. The first-order valence-electron chi connectivity index (χ1n) is 5.46. The maximum absolute atomic E-state index is 8.62. The van der Waals surface area contributed by atoms with Gasteiger partial charge in [-0.25, -0.2) is 0 Å². The van der Waals surface area contributed by atoms with Gasteiger partial charge < -0.3 is 5.11 Å². The van der Waals surface area contributed by atoms with E-state index >= 15 is 0 Å². The van der Waals surface area contributed by atoms with Crippen LogP contribution in [-0.4, -0.2) is 11.7 Å². The van der Waals surface area contributed by atoms with Gasteiger partial charge in [0, 0.05) is 16.7 Å². The Morgan fingerprint density at radius 3 is 2.62 bits per heavy atom. The molecule has 0 fully saturated rings. The molecule has 0 amide bonds. The summed E-state index contributed by atoms with van der Waals surface area (Å²) in [6.07, 6.45) is 8.18. The summed E-state index contributed by atoms with van der Waals surface area (Å²) in [4.78, 5) is 0. The van der Waals surface area contributed by atoms with E-state index in [1.807, 2.05) is 18.2 Å². The molecule has 1 nitrogen and oxygen atoms in total. The SMILES string of the molecule is OCCCCC/C=C/c1ccc(Cl)cc1Cl. The third kappa shape index (κ3) is 5.02. The predicted octanol–water partition coefficient (Wildman–Crippen LogP) is 4.56. The smallest absolute Gasteiger partial charge is 0.0493 e. The topological polar surface area (TPSA) is 20.2 Å². The lowest BCUT2D eigenvalue weighted by atomic mass is 10.1. The molecule has 1 N–H and O–H groups in total. The maximum Gasteiger partial charge on any atom is 0.0493 e. The lowest BCUT2D eigenvalue weighted by Crippen LogP contribution is -1.81. The number of aliphatic hydroxyl groups is 1. The fourth-order valence-electron chi connectivity index (χ4n) is 1.40. The van der Waals surface area contributed by atoms with Gasteiger partial charge >= 0.3 is 0 Å². The van der Waals surface area contributed by atoms with Crippen LogP contribution in [0.4, 0.5) is 0 Å². The Labute approximate surface area is 107 Å². The highest BCUT2D eigenvalue weighted by atomic mass is 35.5. The zero-order valence-corrected chi connectivity index (χ0v) is 10.6. The summed E-state index contributed by atoms with van der Waals surface area (Å²) in [5.74, 6) is 0. The fourth-order valence-corrected chi connectivity index (χ4v) is 1.87. The molecule has 0 aromatic heterocycles. The van der Waals surface area contributed by atoms with Crippen LogP contribution in [0.25, 0.3) is 6.08 Å². The molecule has 16 heavy (non-hydrogen) atoms. The molecule has 88 valence electrons. The second kappa shape index (κ2) is 7.72. The normalized spacial score (nSPS) is 11.2. The van der Waals surface area contributed by atoms with E-state index in [0.29, 0.717) is 10.0 Å². The highest BCUT2D eigenvalue weighted by Crippen LogP contribution is 2.22. The molecule has 0 radical (unpaired) electrons. The molecule has 0 spiro atoms. The first-order valence-corrected chi connectivity index (χ1v) is 6.22. The van der Waals surface area contributed by atoms with E-state index in [-0.39, 0.29) is 6.61 Å². The van der Waals surface area contributed by atoms with E-state index in [0.717, 1.165) is 31.2 Å². The van der Waals surface area contributed by atoms with Crippen molar-refractivity contribution < 1.29 is 5.11 Å². The maximum atomic E-state index is 8.62. The van der Waals surface area contributed by atoms with Crippen LogP contribution in [0, 0.1) is 0 Å². The Morgan fingerprint density at radius 1 is 1.12 bits per heavy atom. The van der Waals surface area contributed by atoms with Crippen LogP contribution in [0.15, 0.2) is 24.3 Å². The highest BCUT2D eigenvalue weighted by molar-refractivity contribution is 6.35. The standard InChI is InChI=1S/C13H16Cl2O/c14-12-8-7-11(13(15)10-12)6-4-2-1-3-5-9-16/h4,6-8,10,16H,1-3,5,9H2/b6-4+. The molecule has 1 rings (SSSR count). The van der Waals surface area contributed by atoms with Crippen LogP contribution in [0.2, 0.25) is 10.0 Å². The summed E-state index contributed by atoms with van der Waals surface area (Å²) in [5.41, 5.74) is 0.994. The molecule has 0 saturated heterocycles. The zero-order chi connectivity index (χ0) is 11.8. The Balaban J connectivity index is 2.38. The van der Waals surface area contributed by atoms with Crippen LogP contribution in [0.5, 0.6) is 0 Å². The summed E-state index contributed by atoms with van der Waals surface area (Å²) in [6.45, 7) is 0.284. The van der Waals surface area contributed by atoms with Crippen molar-refractivity contribution in [1.29, 1.82) is 0 Å². The molecule has 1 aromatic rings. The minimum absolute atomic E-state index is 0.284. The van der Waals surface area contributed by atoms with Crippen LogP contribution in [0.3, 0.4) is 0 Å². The molecule has 1 aromatic carbocycles. The van der Waals surface area contributed by atoms with Gasteiger partial charge in [-0.2, -0.15) is 0 Å². The van der Waals surface area contributed by atoms with Crippen molar-refractivity contribution in [3.8, 4) is 0 Å². The largest absolute Gasteiger partial charge is 0.396 e. The summed E-state index contributed by atoms with van der Waals surface area (Å²) in [5, 5.41) is 9.95. The summed E-state index contributed by atoms with van der Waals surface area (Å²) < 4.78 is 0. The quantitative estimate of drug-likeness (QED) is 0.742. The van der Waals surface area contributed by atoms with Crippen molar-refractivity contribution in [3.63, 3.8) is 0 Å². The Hall–Kier alpha value is -0.500. The van der Waals surface area contributed by atoms with Crippen LogP contribution in [0.1, 0.15) is 31.2 Å². The van der Waals surface area contributed by atoms with Gasteiger partial charge in [0.2, 0.25) is 0 Å². The first-order chi connectivity index (χ1) is 7.74. The minimum atomic E-state index is 0.284. The number of rotatable bonds is 6. The number of hydrogen-bond acceptors (Lipinski definition) is 1. The van der Waals surface area contributed by atoms with E-state index in [9.17, 15) is 0 Å². The van der Waals surface area contributed by atoms with Gasteiger partial charge in [0.1, 0.15) is 0 Å². The number of unbranched alkanes of at least 4 members (excludes halogenated alkanes) is 3. The third-order valence-corrected chi connectivity index (χ3v) is 2.85. The highest BCUT2D eigenvalue weighted by Gasteiger charge is 1.96. The van der Waals surface area contributed by atoms with E-state index in [2.05, 4.69) is 6.08 Å². The lowest BCUT2D eigenvalue weighted by Gasteiger charge is -1.99. The van der Waals surface area contributed by atoms with Crippen LogP contribution in [-0.2, 0) is 0 Å². The second-order valence-corrected chi connectivity index (χ2v) is 4.48.